The highest BCUT2D eigenvalue weighted by Crippen LogP contribution is 2.22. The number of rotatable bonds is 7. The fraction of sp³-hybridized carbons (Fsp3) is 0.316. The summed E-state index contributed by atoms with van der Waals surface area (Å²) in [4.78, 5) is 11.8. The van der Waals surface area contributed by atoms with Gasteiger partial charge in [-0.25, -0.2) is 4.79 Å². The summed E-state index contributed by atoms with van der Waals surface area (Å²) in [5.41, 5.74) is 3.76. The zero-order valence-electron chi connectivity index (χ0n) is 14.2. The van der Waals surface area contributed by atoms with Gasteiger partial charge in [0, 0.05) is 16.7 Å². The van der Waals surface area contributed by atoms with Gasteiger partial charge in [0.25, 0.3) is 0 Å². The molecule has 4 nitrogen and oxygen atoms in total. The van der Waals surface area contributed by atoms with E-state index >= 15 is 0 Å². The van der Waals surface area contributed by atoms with Crippen molar-refractivity contribution in [1.29, 1.82) is 0 Å². The van der Waals surface area contributed by atoms with E-state index < -0.39 is 0 Å². The summed E-state index contributed by atoms with van der Waals surface area (Å²) in [5.74, 6) is 0.530. The van der Waals surface area contributed by atoms with E-state index in [1.54, 1.807) is 6.07 Å². The van der Waals surface area contributed by atoms with Gasteiger partial charge >= 0.3 is 5.97 Å². The maximum atomic E-state index is 11.8. The SMILES string of the molecule is COC(=O)c1cc(Br)ccc1NCCCOc1ccc(C)c(C)c1. The van der Waals surface area contributed by atoms with Crippen LogP contribution in [0.4, 0.5) is 5.69 Å². The highest BCUT2D eigenvalue weighted by molar-refractivity contribution is 9.10. The molecule has 0 spiro atoms. The lowest BCUT2D eigenvalue weighted by Crippen LogP contribution is -2.11. The molecule has 128 valence electrons. The first kappa shape index (κ1) is 18.3. The fourth-order valence-electron chi connectivity index (χ4n) is 2.24. The first-order valence-electron chi connectivity index (χ1n) is 7.83. The number of ether oxygens (including phenoxy) is 2. The summed E-state index contributed by atoms with van der Waals surface area (Å²) in [6.45, 7) is 5.47. The minimum absolute atomic E-state index is 0.356. The maximum Gasteiger partial charge on any atom is 0.340 e. The molecular formula is C19H22BrNO3. The molecule has 0 saturated heterocycles. The molecular weight excluding hydrogens is 370 g/mol. The van der Waals surface area contributed by atoms with Gasteiger partial charge in [-0.05, 0) is 61.7 Å². The van der Waals surface area contributed by atoms with Gasteiger partial charge in [-0.3, -0.25) is 0 Å². The predicted molar refractivity (Wildman–Crippen MR) is 100.0 cm³/mol. The Morgan fingerprint density at radius 3 is 2.62 bits per heavy atom. The first-order valence-corrected chi connectivity index (χ1v) is 8.62. The maximum absolute atomic E-state index is 11.8. The van der Waals surface area contributed by atoms with Crippen LogP contribution in [0.3, 0.4) is 0 Å². The highest BCUT2D eigenvalue weighted by atomic mass is 79.9. The number of hydrogen-bond donors (Lipinski definition) is 1. The molecule has 0 fully saturated rings. The lowest BCUT2D eigenvalue weighted by molar-refractivity contribution is 0.0601. The molecule has 1 N–H and O–H groups in total. The van der Waals surface area contributed by atoms with Crippen LogP contribution in [0.5, 0.6) is 5.75 Å². The summed E-state index contributed by atoms with van der Waals surface area (Å²) >= 11 is 3.37. The number of esters is 1. The number of nitrogens with one attached hydrogen (secondary N) is 1. The topological polar surface area (TPSA) is 47.6 Å². The number of carbonyl (C=O) groups excluding carboxylic acids is 1. The van der Waals surface area contributed by atoms with Crippen molar-refractivity contribution in [1.82, 2.24) is 0 Å². The molecule has 0 amide bonds. The van der Waals surface area contributed by atoms with Gasteiger partial charge in [0.05, 0.1) is 19.3 Å². The Balaban J connectivity index is 1.84. The van der Waals surface area contributed by atoms with Crippen LogP contribution >= 0.6 is 15.9 Å². The van der Waals surface area contributed by atoms with E-state index in [0.717, 1.165) is 22.3 Å². The minimum Gasteiger partial charge on any atom is -0.494 e. The van der Waals surface area contributed by atoms with Crippen LogP contribution in [0.2, 0.25) is 0 Å². The van der Waals surface area contributed by atoms with E-state index in [0.29, 0.717) is 18.7 Å². The molecule has 0 heterocycles. The van der Waals surface area contributed by atoms with E-state index in [2.05, 4.69) is 41.2 Å². The van der Waals surface area contributed by atoms with Gasteiger partial charge in [-0.1, -0.05) is 22.0 Å². The molecule has 0 unspecified atom stereocenters. The van der Waals surface area contributed by atoms with E-state index in [4.69, 9.17) is 9.47 Å². The second-order valence-electron chi connectivity index (χ2n) is 5.56. The van der Waals surface area contributed by atoms with Crippen LogP contribution in [0.1, 0.15) is 27.9 Å². The van der Waals surface area contributed by atoms with Crippen LogP contribution in [0.25, 0.3) is 0 Å². The van der Waals surface area contributed by atoms with Crippen molar-refractivity contribution in [2.45, 2.75) is 20.3 Å². The molecule has 2 aromatic rings. The van der Waals surface area contributed by atoms with Crippen LogP contribution in [-0.2, 0) is 4.74 Å². The van der Waals surface area contributed by atoms with Crippen molar-refractivity contribution < 1.29 is 14.3 Å². The molecule has 0 atom stereocenters. The summed E-state index contributed by atoms with van der Waals surface area (Å²) < 4.78 is 11.4. The number of methoxy groups -OCH3 is 1. The van der Waals surface area contributed by atoms with Crippen molar-refractivity contribution in [2.75, 3.05) is 25.6 Å². The van der Waals surface area contributed by atoms with E-state index in [1.165, 1.54) is 18.2 Å². The molecule has 0 bridgehead atoms. The molecule has 0 saturated carbocycles. The second kappa shape index (κ2) is 8.73. The lowest BCUT2D eigenvalue weighted by Gasteiger charge is -2.12. The molecule has 0 aliphatic rings. The molecule has 5 heteroatoms. The van der Waals surface area contributed by atoms with Crippen LogP contribution < -0.4 is 10.1 Å². The third kappa shape index (κ3) is 4.99. The smallest absolute Gasteiger partial charge is 0.340 e. The number of aryl methyl sites for hydroxylation is 2. The minimum atomic E-state index is -0.356. The quantitative estimate of drug-likeness (QED) is 0.547. The zero-order valence-corrected chi connectivity index (χ0v) is 15.8. The van der Waals surface area contributed by atoms with E-state index in [-0.39, 0.29) is 5.97 Å². The summed E-state index contributed by atoms with van der Waals surface area (Å²) in [7, 11) is 1.38. The van der Waals surface area contributed by atoms with E-state index in [1.807, 2.05) is 24.3 Å². The van der Waals surface area contributed by atoms with Crippen LogP contribution in [-0.4, -0.2) is 26.2 Å². The molecule has 2 rings (SSSR count). The normalized spacial score (nSPS) is 10.3. The Bertz CT molecular complexity index is 716. The third-order valence-electron chi connectivity index (χ3n) is 3.77. The van der Waals surface area contributed by atoms with Crippen LogP contribution in [0, 0.1) is 13.8 Å². The number of hydrogen-bond acceptors (Lipinski definition) is 4. The first-order chi connectivity index (χ1) is 11.5. The van der Waals surface area contributed by atoms with Crippen molar-refractivity contribution >= 4 is 27.6 Å². The Morgan fingerprint density at radius 2 is 1.92 bits per heavy atom. The number of benzene rings is 2. The molecule has 2 aromatic carbocycles. The Labute approximate surface area is 151 Å². The predicted octanol–water partition coefficient (Wildman–Crippen LogP) is 4.73. The Kier molecular flexibility index (Phi) is 6.67. The Hall–Kier alpha value is -2.01. The van der Waals surface area contributed by atoms with Gasteiger partial charge in [0.2, 0.25) is 0 Å². The highest BCUT2D eigenvalue weighted by Gasteiger charge is 2.12. The standard InChI is InChI=1S/C19H22BrNO3/c1-13-5-7-16(11-14(13)2)24-10-4-9-21-18-8-6-15(20)12-17(18)19(22)23-3/h5-8,11-12,21H,4,9-10H2,1-3H3. The monoisotopic (exact) mass is 391 g/mol. The summed E-state index contributed by atoms with van der Waals surface area (Å²) in [5, 5.41) is 3.26. The summed E-state index contributed by atoms with van der Waals surface area (Å²) in [6.07, 6.45) is 0.823. The van der Waals surface area contributed by atoms with Gasteiger partial charge in [-0.2, -0.15) is 0 Å². The van der Waals surface area contributed by atoms with Crippen molar-refractivity contribution in [3.63, 3.8) is 0 Å². The van der Waals surface area contributed by atoms with E-state index in [9.17, 15) is 4.79 Å². The second-order valence-corrected chi connectivity index (χ2v) is 6.47. The average molecular weight is 392 g/mol. The van der Waals surface area contributed by atoms with Gasteiger partial charge in [-0.15, -0.1) is 0 Å². The largest absolute Gasteiger partial charge is 0.494 e. The fourth-order valence-corrected chi connectivity index (χ4v) is 2.60. The Morgan fingerprint density at radius 1 is 1.12 bits per heavy atom. The average Bonchev–Trinajstić information content (AvgIpc) is 2.58. The van der Waals surface area contributed by atoms with Gasteiger partial charge < -0.3 is 14.8 Å². The molecule has 0 aliphatic carbocycles. The molecule has 0 aliphatic heterocycles. The van der Waals surface area contributed by atoms with Crippen molar-refractivity contribution in [3.05, 3.63) is 57.6 Å². The summed E-state index contributed by atoms with van der Waals surface area (Å²) in [6, 6.07) is 11.6. The third-order valence-corrected chi connectivity index (χ3v) is 4.26. The number of carbonyl (C=O) groups is 1. The van der Waals surface area contributed by atoms with Crippen molar-refractivity contribution in [3.8, 4) is 5.75 Å². The number of halogens is 1. The van der Waals surface area contributed by atoms with Crippen molar-refractivity contribution in [2.24, 2.45) is 0 Å². The van der Waals surface area contributed by atoms with Gasteiger partial charge in [0.15, 0.2) is 0 Å². The molecule has 24 heavy (non-hydrogen) atoms. The van der Waals surface area contributed by atoms with Gasteiger partial charge in [0.1, 0.15) is 5.75 Å². The molecule has 0 aromatic heterocycles. The number of anilines is 1. The molecule has 0 radical (unpaired) electrons. The van der Waals surface area contributed by atoms with Crippen LogP contribution in [0.15, 0.2) is 40.9 Å². The zero-order chi connectivity index (χ0) is 17.5. The lowest BCUT2D eigenvalue weighted by atomic mass is 10.1.